The molecule has 1 heterocycles. The van der Waals surface area contributed by atoms with Gasteiger partial charge in [0.1, 0.15) is 0 Å². The highest BCUT2D eigenvalue weighted by atomic mass is 16.2. The van der Waals surface area contributed by atoms with Crippen molar-refractivity contribution in [2.75, 3.05) is 31.5 Å². The summed E-state index contributed by atoms with van der Waals surface area (Å²) in [6.07, 6.45) is 2.77. The Bertz CT molecular complexity index is 494. The Kier molecular flexibility index (Phi) is 5.75. The first-order chi connectivity index (χ1) is 10.2. The second-order valence-corrected chi connectivity index (χ2v) is 5.26. The van der Waals surface area contributed by atoms with E-state index in [1.807, 2.05) is 24.3 Å². The van der Waals surface area contributed by atoms with Gasteiger partial charge in [0.2, 0.25) is 0 Å². The Balaban J connectivity index is 2.01. The summed E-state index contributed by atoms with van der Waals surface area (Å²) >= 11 is 0. The standard InChI is InChI=1S/C16H23N3O2/c1-2-6-13-7-3-4-8-14(13)18-15(20)16(21)19-11-5-9-17-10-12-19/h3-4,7-8,17H,2,5-6,9-12H2,1H3,(H,18,20). The van der Waals surface area contributed by atoms with Gasteiger partial charge in [0.05, 0.1) is 0 Å². The highest BCUT2D eigenvalue weighted by Gasteiger charge is 2.22. The van der Waals surface area contributed by atoms with Crippen molar-refractivity contribution in [3.8, 4) is 0 Å². The zero-order chi connectivity index (χ0) is 15.1. The second kappa shape index (κ2) is 7.78. The van der Waals surface area contributed by atoms with Gasteiger partial charge in [0, 0.05) is 25.3 Å². The fourth-order valence-electron chi connectivity index (χ4n) is 2.50. The molecule has 0 spiro atoms. The minimum Gasteiger partial charge on any atom is -0.333 e. The molecule has 0 saturated carbocycles. The number of anilines is 1. The second-order valence-electron chi connectivity index (χ2n) is 5.26. The molecule has 0 unspecified atom stereocenters. The number of nitrogens with one attached hydrogen (secondary N) is 2. The van der Waals surface area contributed by atoms with Crippen LogP contribution in [0.4, 0.5) is 5.69 Å². The van der Waals surface area contributed by atoms with Crippen LogP contribution >= 0.6 is 0 Å². The third-order valence-electron chi connectivity index (χ3n) is 3.61. The Hall–Kier alpha value is -1.88. The molecule has 1 aromatic carbocycles. The van der Waals surface area contributed by atoms with E-state index in [4.69, 9.17) is 0 Å². The van der Waals surface area contributed by atoms with E-state index in [2.05, 4.69) is 17.6 Å². The van der Waals surface area contributed by atoms with Gasteiger partial charge in [-0.25, -0.2) is 0 Å². The SMILES string of the molecule is CCCc1ccccc1NC(=O)C(=O)N1CCCNCC1. The molecule has 2 rings (SSSR count). The summed E-state index contributed by atoms with van der Waals surface area (Å²) in [4.78, 5) is 26.0. The lowest BCUT2D eigenvalue weighted by atomic mass is 10.1. The molecule has 1 aromatic rings. The van der Waals surface area contributed by atoms with Crippen molar-refractivity contribution in [1.29, 1.82) is 0 Å². The van der Waals surface area contributed by atoms with E-state index in [0.29, 0.717) is 13.1 Å². The smallest absolute Gasteiger partial charge is 0.313 e. The Morgan fingerprint density at radius 1 is 1.24 bits per heavy atom. The molecule has 0 bridgehead atoms. The van der Waals surface area contributed by atoms with Crippen LogP contribution in [0.25, 0.3) is 0 Å². The summed E-state index contributed by atoms with van der Waals surface area (Å²) in [5.41, 5.74) is 1.81. The van der Waals surface area contributed by atoms with Gasteiger partial charge in [-0.15, -0.1) is 0 Å². The average molecular weight is 289 g/mol. The third-order valence-corrected chi connectivity index (χ3v) is 3.61. The summed E-state index contributed by atoms with van der Waals surface area (Å²) in [7, 11) is 0. The average Bonchev–Trinajstić information content (AvgIpc) is 2.78. The van der Waals surface area contributed by atoms with Gasteiger partial charge in [0.25, 0.3) is 0 Å². The third kappa shape index (κ3) is 4.29. The molecule has 1 aliphatic heterocycles. The summed E-state index contributed by atoms with van der Waals surface area (Å²) < 4.78 is 0. The number of carbonyl (C=O) groups excluding carboxylic acids is 2. The normalized spacial score (nSPS) is 15.4. The Morgan fingerprint density at radius 2 is 2.05 bits per heavy atom. The molecule has 1 aliphatic rings. The number of amides is 2. The molecule has 0 aliphatic carbocycles. The first-order valence-electron chi connectivity index (χ1n) is 7.61. The van der Waals surface area contributed by atoms with Gasteiger partial charge in [-0.1, -0.05) is 31.5 Å². The molecule has 5 nitrogen and oxygen atoms in total. The minimum atomic E-state index is -0.541. The number of nitrogens with zero attached hydrogens (tertiary/aromatic N) is 1. The van der Waals surface area contributed by atoms with Crippen molar-refractivity contribution in [3.05, 3.63) is 29.8 Å². The molecule has 1 fully saturated rings. The maximum Gasteiger partial charge on any atom is 0.313 e. The zero-order valence-corrected chi connectivity index (χ0v) is 12.5. The van der Waals surface area contributed by atoms with Gasteiger partial charge in [-0.2, -0.15) is 0 Å². The van der Waals surface area contributed by atoms with Crippen LogP contribution < -0.4 is 10.6 Å². The van der Waals surface area contributed by atoms with E-state index in [9.17, 15) is 9.59 Å². The number of para-hydroxylation sites is 1. The highest BCUT2D eigenvalue weighted by Crippen LogP contribution is 2.16. The number of rotatable bonds is 3. The number of aryl methyl sites for hydroxylation is 1. The number of hydrogen-bond acceptors (Lipinski definition) is 3. The minimum absolute atomic E-state index is 0.440. The maximum absolute atomic E-state index is 12.2. The van der Waals surface area contributed by atoms with Crippen LogP contribution in [-0.4, -0.2) is 42.9 Å². The largest absolute Gasteiger partial charge is 0.333 e. The lowest BCUT2D eigenvalue weighted by molar-refractivity contribution is -0.143. The molecule has 5 heteroatoms. The summed E-state index contributed by atoms with van der Waals surface area (Å²) in [5.74, 6) is -0.981. The number of carbonyl (C=O) groups is 2. The van der Waals surface area contributed by atoms with Crippen molar-refractivity contribution in [3.63, 3.8) is 0 Å². The summed E-state index contributed by atoms with van der Waals surface area (Å²) in [6, 6.07) is 7.65. The summed E-state index contributed by atoms with van der Waals surface area (Å²) in [6.45, 7) is 4.95. The van der Waals surface area contributed by atoms with Crippen LogP contribution in [0, 0.1) is 0 Å². The first-order valence-corrected chi connectivity index (χ1v) is 7.61. The van der Waals surface area contributed by atoms with Crippen molar-refractivity contribution >= 4 is 17.5 Å². The van der Waals surface area contributed by atoms with E-state index >= 15 is 0 Å². The molecule has 1 saturated heterocycles. The molecule has 114 valence electrons. The monoisotopic (exact) mass is 289 g/mol. The highest BCUT2D eigenvalue weighted by molar-refractivity contribution is 6.39. The molecular formula is C16H23N3O2. The van der Waals surface area contributed by atoms with Gasteiger partial charge in [-0.3, -0.25) is 9.59 Å². The van der Waals surface area contributed by atoms with Crippen molar-refractivity contribution in [1.82, 2.24) is 10.2 Å². The van der Waals surface area contributed by atoms with Crippen LogP contribution in [0.3, 0.4) is 0 Å². The molecule has 0 atom stereocenters. The van der Waals surface area contributed by atoms with Gasteiger partial charge in [0.15, 0.2) is 0 Å². The molecule has 0 radical (unpaired) electrons. The Morgan fingerprint density at radius 3 is 2.86 bits per heavy atom. The predicted octanol–water partition coefficient (Wildman–Crippen LogP) is 1.40. The lowest BCUT2D eigenvalue weighted by Gasteiger charge is -2.19. The number of hydrogen-bond donors (Lipinski definition) is 2. The van der Waals surface area contributed by atoms with E-state index in [-0.39, 0.29) is 0 Å². The topological polar surface area (TPSA) is 61.4 Å². The van der Waals surface area contributed by atoms with Crippen LogP contribution in [0.2, 0.25) is 0 Å². The Labute approximate surface area is 125 Å². The van der Waals surface area contributed by atoms with E-state index in [1.165, 1.54) is 0 Å². The van der Waals surface area contributed by atoms with Gasteiger partial charge < -0.3 is 15.5 Å². The van der Waals surface area contributed by atoms with Crippen LogP contribution in [0.1, 0.15) is 25.3 Å². The maximum atomic E-state index is 12.2. The molecule has 2 amide bonds. The zero-order valence-electron chi connectivity index (χ0n) is 12.5. The van der Waals surface area contributed by atoms with Gasteiger partial charge in [-0.05, 0) is 31.0 Å². The summed E-state index contributed by atoms with van der Waals surface area (Å²) in [5, 5.41) is 5.98. The fourth-order valence-corrected chi connectivity index (χ4v) is 2.50. The quantitative estimate of drug-likeness (QED) is 0.827. The van der Waals surface area contributed by atoms with Crippen LogP contribution in [-0.2, 0) is 16.0 Å². The van der Waals surface area contributed by atoms with E-state index < -0.39 is 11.8 Å². The van der Waals surface area contributed by atoms with E-state index in [0.717, 1.165) is 43.6 Å². The van der Waals surface area contributed by atoms with Crippen molar-refractivity contribution in [2.24, 2.45) is 0 Å². The van der Waals surface area contributed by atoms with Crippen LogP contribution in [0.15, 0.2) is 24.3 Å². The molecule has 2 N–H and O–H groups in total. The van der Waals surface area contributed by atoms with Gasteiger partial charge >= 0.3 is 11.8 Å². The van der Waals surface area contributed by atoms with Crippen LogP contribution in [0.5, 0.6) is 0 Å². The molecular weight excluding hydrogens is 266 g/mol. The predicted molar refractivity (Wildman–Crippen MR) is 83.1 cm³/mol. The lowest BCUT2D eigenvalue weighted by Crippen LogP contribution is -2.41. The fraction of sp³-hybridized carbons (Fsp3) is 0.500. The molecule has 0 aromatic heterocycles. The molecule has 21 heavy (non-hydrogen) atoms. The van der Waals surface area contributed by atoms with E-state index in [1.54, 1.807) is 4.90 Å². The number of benzene rings is 1. The first kappa shape index (κ1) is 15.5. The van der Waals surface area contributed by atoms with Crippen molar-refractivity contribution in [2.45, 2.75) is 26.2 Å². The van der Waals surface area contributed by atoms with Crippen molar-refractivity contribution < 1.29 is 9.59 Å².